The molecule has 2 rings (SSSR count). The van der Waals surface area contributed by atoms with E-state index in [0.717, 1.165) is 51.4 Å². The summed E-state index contributed by atoms with van der Waals surface area (Å²) in [6.45, 7) is 4.52. The predicted octanol–water partition coefficient (Wildman–Crippen LogP) is 3.86. The van der Waals surface area contributed by atoms with Gasteiger partial charge < -0.3 is 9.84 Å². The second kappa shape index (κ2) is 5.43. The first kappa shape index (κ1) is 14.8. The zero-order valence-electron chi connectivity index (χ0n) is 12.6. The van der Waals surface area contributed by atoms with Crippen molar-refractivity contribution in [2.45, 2.75) is 71.3 Å². The summed E-state index contributed by atoms with van der Waals surface area (Å²) in [6, 6.07) is 0. The summed E-state index contributed by atoms with van der Waals surface area (Å²) in [6.07, 6.45) is 8.23. The first-order valence-electron chi connectivity index (χ1n) is 7.66. The second-order valence-electron chi connectivity index (χ2n) is 7.35. The molecule has 2 aliphatic rings. The van der Waals surface area contributed by atoms with E-state index in [9.17, 15) is 9.90 Å². The Labute approximate surface area is 116 Å². The van der Waals surface area contributed by atoms with Crippen LogP contribution in [0.15, 0.2) is 0 Å². The van der Waals surface area contributed by atoms with Crippen molar-refractivity contribution in [3.63, 3.8) is 0 Å². The molecule has 0 heterocycles. The average Bonchev–Trinajstić information content (AvgIpc) is 2.39. The molecule has 0 aromatic heterocycles. The average molecular weight is 268 g/mol. The van der Waals surface area contributed by atoms with Crippen molar-refractivity contribution in [2.75, 3.05) is 7.11 Å². The molecule has 0 bridgehead atoms. The van der Waals surface area contributed by atoms with Crippen LogP contribution in [0.5, 0.6) is 0 Å². The Morgan fingerprint density at radius 1 is 1.16 bits per heavy atom. The van der Waals surface area contributed by atoms with Crippen LogP contribution in [0, 0.1) is 16.7 Å². The Morgan fingerprint density at radius 3 is 2.32 bits per heavy atom. The van der Waals surface area contributed by atoms with E-state index in [1.807, 2.05) is 0 Å². The number of carboxylic acid groups (broad SMARTS) is 1. The third kappa shape index (κ3) is 2.96. The van der Waals surface area contributed by atoms with Gasteiger partial charge in [-0.3, -0.25) is 4.79 Å². The number of methoxy groups -OCH3 is 1. The largest absolute Gasteiger partial charge is 0.481 e. The van der Waals surface area contributed by atoms with Gasteiger partial charge in [0.1, 0.15) is 0 Å². The first-order chi connectivity index (χ1) is 8.89. The van der Waals surface area contributed by atoms with Crippen LogP contribution in [0.25, 0.3) is 0 Å². The van der Waals surface area contributed by atoms with Gasteiger partial charge >= 0.3 is 5.97 Å². The maximum Gasteiger partial charge on any atom is 0.309 e. The van der Waals surface area contributed by atoms with Crippen molar-refractivity contribution in [1.29, 1.82) is 0 Å². The molecule has 0 saturated heterocycles. The van der Waals surface area contributed by atoms with Crippen LogP contribution in [-0.4, -0.2) is 24.3 Å². The Bertz CT molecular complexity index is 325. The summed E-state index contributed by atoms with van der Waals surface area (Å²) in [5, 5.41) is 9.83. The predicted molar refractivity (Wildman–Crippen MR) is 75.1 cm³/mol. The van der Waals surface area contributed by atoms with Gasteiger partial charge in [0.05, 0.1) is 11.5 Å². The zero-order valence-corrected chi connectivity index (χ0v) is 12.6. The molecule has 1 N–H and O–H groups in total. The zero-order chi connectivity index (χ0) is 14.1. The van der Waals surface area contributed by atoms with Gasteiger partial charge in [-0.2, -0.15) is 0 Å². The molecule has 3 nitrogen and oxygen atoms in total. The van der Waals surface area contributed by atoms with E-state index in [-0.39, 0.29) is 6.10 Å². The van der Waals surface area contributed by atoms with Gasteiger partial charge in [-0.05, 0) is 56.3 Å². The van der Waals surface area contributed by atoms with Gasteiger partial charge in [-0.25, -0.2) is 0 Å². The fraction of sp³-hybridized carbons (Fsp3) is 0.938. The third-order valence-electron chi connectivity index (χ3n) is 5.66. The number of hydrogen-bond donors (Lipinski definition) is 1. The number of aliphatic carboxylic acids is 1. The van der Waals surface area contributed by atoms with Crippen molar-refractivity contribution in [2.24, 2.45) is 16.7 Å². The smallest absolute Gasteiger partial charge is 0.309 e. The molecule has 2 saturated carbocycles. The summed E-state index contributed by atoms with van der Waals surface area (Å²) in [7, 11) is 1.75. The van der Waals surface area contributed by atoms with E-state index < -0.39 is 11.4 Å². The lowest BCUT2D eigenvalue weighted by Gasteiger charge is -2.47. The van der Waals surface area contributed by atoms with E-state index in [4.69, 9.17) is 4.74 Å². The van der Waals surface area contributed by atoms with E-state index >= 15 is 0 Å². The second-order valence-corrected chi connectivity index (χ2v) is 7.35. The molecule has 2 aliphatic carbocycles. The van der Waals surface area contributed by atoms with Crippen molar-refractivity contribution in [1.82, 2.24) is 0 Å². The molecule has 0 aromatic carbocycles. The molecule has 2 unspecified atom stereocenters. The highest BCUT2D eigenvalue weighted by Gasteiger charge is 2.50. The summed E-state index contributed by atoms with van der Waals surface area (Å²) in [5.74, 6) is -0.260. The van der Waals surface area contributed by atoms with Gasteiger partial charge in [-0.1, -0.05) is 20.3 Å². The molecule has 0 aromatic rings. The van der Waals surface area contributed by atoms with Crippen LogP contribution in [-0.2, 0) is 9.53 Å². The Hall–Kier alpha value is -0.570. The molecule has 0 amide bonds. The molecule has 3 heteroatoms. The standard InChI is InChI=1S/C16H28O3/c1-15(2)7-9-16(10-8-15,14(17)18)12-5-4-6-13(11-12)19-3/h12-13H,4-11H2,1-3H3,(H,17,18). The van der Waals surface area contributed by atoms with Crippen molar-refractivity contribution >= 4 is 5.97 Å². The van der Waals surface area contributed by atoms with Gasteiger partial charge in [-0.15, -0.1) is 0 Å². The van der Waals surface area contributed by atoms with Crippen LogP contribution in [0.3, 0.4) is 0 Å². The van der Waals surface area contributed by atoms with E-state index in [1.165, 1.54) is 0 Å². The summed E-state index contributed by atoms with van der Waals surface area (Å²) >= 11 is 0. The molecule has 2 atom stereocenters. The summed E-state index contributed by atoms with van der Waals surface area (Å²) in [4.78, 5) is 11.9. The molecule has 2 fully saturated rings. The molecule has 0 aliphatic heterocycles. The maximum absolute atomic E-state index is 11.9. The molecule has 0 spiro atoms. The van der Waals surface area contributed by atoms with Crippen molar-refractivity contribution in [3.8, 4) is 0 Å². The topological polar surface area (TPSA) is 46.5 Å². The Morgan fingerprint density at radius 2 is 1.79 bits per heavy atom. The van der Waals surface area contributed by atoms with E-state index in [2.05, 4.69) is 13.8 Å². The number of rotatable bonds is 3. The molecule has 0 radical (unpaired) electrons. The van der Waals surface area contributed by atoms with Gasteiger partial charge in [0.15, 0.2) is 0 Å². The van der Waals surface area contributed by atoms with E-state index in [0.29, 0.717) is 11.3 Å². The normalized spacial score (nSPS) is 33.8. The molecular formula is C16H28O3. The van der Waals surface area contributed by atoms with Crippen LogP contribution in [0.1, 0.15) is 65.2 Å². The third-order valence-corrected chi connectivity index (χ3v) is 5.66. The van der Waals surface area contributed by atoms with Crippen LogP contribution >= 0.6 is 0 Å². The number of carboxylic acids is 1. The summed E-state index contributed by atoms with van der Waals surface area (Å²) < 4.78 is 5.48. The lowest BCUT2D eigenvalue weighted by Crippen LogP contribution is -2.46. The number of ether oxygens (including phenoxy) is 1. The van der Waals surface area contributed by atoms with Crippen molar-refractivity contribution < 1.29 is 14.6 Å². The number of carbonyl (C=O) groups is 1. The van der Waals surface area contributed by atoms with Crippen molar-refractivity contribution in [3.05, 3.63) is 0 Å². The van der Waals surface area contributed by atoms with Gasteiger partial charge in [0.25, 0.3) is 0 Å². The van der Waals surface area contributed by atoms with E-state index in [1.54, 1.807) is 7.11 Å². The highest BCUT2D eigenvalue weighted by Crippen LogP contribution is 2.52. The van der Waals surface area contributed by atoms with Gasteiger partial charge in [0, 0.05) is 7.11 Å². The lowest BCUT2D eigenvalue weighted by atomic mass is 9.57. The SMILES string of the molecule is COC1CCCC(C2(C(=O)O)CCC(C)(C)CC2)C1. The number of hydrogen-bond acceptors (Lipinski definition) is 2. The summed E-state index contributed by atoms with van der Waals surface area (Å²) in [5.41, 5.74) is -0.166. The first-order valence-corrected chi connectivity index (χ1v) is 7.66. The fourth-order valence-corrected chi connectivity index (χ4v) is 4.03. The van der Waals surface area contributed by atoms with Crippen LogP contribution in [0.2, 0.25) is 0 Å². The minimum absolute atomic E-state index is 0.268. The fourth-order valence-electron chi connectivity index (χ4n) is 4.03. The molecule has 19 heavy (non-hydrogen) atoms. The van der Waals surface area contributed by atoms with Gasteiger partial charge in [0.2, 0.25) is 0 Å². The molecule has 110 valence electrons. The minimum atomic E-state index is -0.565. The highest BCUT2D eigenvalue weighted by molar-refractivity contribution is 5.75. The highest BCUT2D eigenvalue weighted by atomic mass is 16.5. The van der Waals surface area contributed by atoms with Crippen LogP contribution in [0.4, 0.5) is 0 Å². The van der Waals surface area contributed by atoms with Crippen LogP contribution < -0.4 is 0 Å². The minimum Gasteiger partial charge on any atom is -0.481 e. The maximum atomic E-state index is 11.9. The quantitative estimate of drug-likeness (QED) is 0.845. The lowest BCUT2D eigenvalue weighted by molar-refractivity contribution is -0.160. The monoisotopic (exact) mass is 268 g/mol. The molecular weight excluding hydrogens is 240 g/mol. The Kier molecular flexibility index (Phi) is 4.24. The Balaban J connectivity index is 2.14.